The molecule has 0 saturated carbocycles. The first-order valence-corrected chi connectivity index (χ1v) is 5.95. The van der Waals surface area contributed by atoms with Crippen LogP contribution in [-0.2, 0) is 12.3 Å². The van der Waals surface area contributed by atoms with Gasteiger partial charge in [-0.05, 0) is 19.1 Å². The normalized spacial score (nSPS) is 11.0. The highest BCUT2D eigenvalue weighted by Gasteiger charge is 2.06. The summed E-state index contributed by atoms with van der Waals surface area (Å²) < 4.78 is 29.2. The molecule has 0 aliphatic rings. The molecular formula is C11H15F2NOS. The molecule has 16 heavy (non-hydrogen) atoms. The highest BCUT2D eigenvalue weighted by molar-refractivity contribution is 7.98. The molecule has 0 radical (unpaired) electrons. The van der Waals surface area contributed by atoms with E-state index in [1.165, 1.54) is 0 Å². The van der Waals surface area contributed by atoms with Gasteiger partial charge in [-0.1, -0.05) is 23.9 Å². The van der Waals surface area contributed by atoms with Crippen molar-refractivity contribution < 1.29 is 13.2 Å². The number of furan rings is 1. The molecule has 1 heterocycles. The van der Waals surface area contributed by atoms with Gasteiger partial charge in [0.15, 0.2) is 0 Å². The predicted octanol–water partition coefficient (Wildman–Crippen LogP) is 3.40. The molecule has 0 saturated heterocycles. The lowest BCUT2D eigenvalue weighted by Gasteiger charge is -2.01. The van der Waals surface area contributed by atoms with E-state index in [2.05, 4.69) is 11.9 Å². The molecule has 0 amide bonds. The van der Waals surface area contributed by atoms with Crippen molar-refractivity contribution in [3.63, 3.8) is 0 Å². The standard InChI is InChI=1S/C11H15F2NOS/c1-8(2)5-14-6-9-3-4-10(15-9)7-16-11(12)13/h3-4,11,14H,1,5-7H2,2H3. The third-order valence-corrected chi connectivity index (χ3v) is 2.50. The van der Waals surface area contributed by atoms with Crippen molar-refractivity contribution in [2.75, 3.05) is 6.54 Å². The minimum atomic E-state index is -2.35. The maximum Gasteiger partial charge on any atom is 0.284 e. The predicted molar refractivity (Wildman–Crippen MR) is 62.5 cm³/mol. The van der Waals surface area contributed by atoms with Gasteiger partial charge in [-0.2, -0.15) is 8.78 Å². The summed E-state index contributed by atoms with van der Waals surface area (Å²) in [4.78, 5) is 0. The molecule has 0 aromatic carbocycles. The van der Waals surface area contributed by atoms with Crippen molar-refractivity contribution in [3.8, 4) is 0 Å². The maximum atomic E-state index is 11.9. The van der Waals surface area contributed by atoms with Crippen LogP contribution >= 0.6 is 11.8 Å². The van der Waals surface area contributed by atoms with E-state index in [-0.39, 0.29) is 5.75 Å². The summed E-state index contributed by atoms with van der Waals surface area (Å²) in [6.07, 6.45) is 0. The molecule has 0 atom stereocenters. The average Bonchev–Trinajstić information content (AvgIpc) is 2.62. The molecule has 0 spiro atoms. The van der Waals surface area contributed by atoms with Crippen molar-refractivity contribution >= 4 is 11.8 Å². The van der Waals surface area contributed by atoms with Crippen molar-refractivity contribution in [1.29, 1.82) is 0 Å². The first kappa shape index (κ1) is 13.3. The Morgan fingerprint density at radius 1 is 1.50 bits per heavy atom. The van der Waals surface area contributed by atoms with Crippen LogP contribution in [0.5, 0.6) is 0 Å². The molecule has 0 fully saturated rings. The highest BCUT2D eigenvalue weighted by Crippen LogP contribution is 2.21. The number of nitrogens with one attached hydrogen (secondary N) is 1. The Morgan fingerprint density at radius 3 is 2.81 bits per heavy atom. The first-order valence-electron chi connectivity index (χ1n) is 4.90. The Morgan fingerprint density at radius 2 is 2.19 bits per heavy atom. The van der Waals surface area contributed by atoms with Gasteiger partial charge in [-0.25, -0.2) is 0 Å². The van der Waals surface area contributed by atoms with Gasteiger partial charge in [0.1, 0.15) is 11.5 Å². The molecule has 0 aliphatic carbocycles. The Balaban J connectivity index is 2.30. The van der Waals surface area contributed by atoms with Gasteiger partial charge < -0.3 is 9.73 Å². The average molecular weight is 247 g/mol. The zero-order chi connectivity index (χ0) is 12.0. The van der Waals surface area contributed by atoms with E-state index in [4.69, 9.17) is 4.42 Å². The van der Waals surface area contributed by atoms with E-state index in [1.54, 1.807) is 12.1 Å². The topological polar surface area (TPSA) is 25.2 Å². The Kier molecular flexibility index (Phi) is 5.55. The Labute approximate surface area is 98.1 Å². The van der Waals surface area contributed by atoms with Gasteiger partial charge >= 0.3 is 0 Å². The molecule has 1 aromatic rings. The number of rotatable bonds is 7. The third kappa shape index (κ3) is 5.32. The maximum absolute atomic E-state index is 11.9. The minimum Gasteiger partial charge on any atom is -0.464 e. The van der Waals surface area contributed by atoms with Crippen LogP contribution in [0.3, 0.4) is 0 Å². The third-order valence-electron chi connectivity index (χ3n) is 1.79. The van der Waals surface area contributed by atoms with Crippen LogP contribution in [0, 0.1) is 0 Å². The van der Waals surface area contributed by atoms with Crippen LogP contribution in [0.4, 0.5) is 8.78 Å². The van der Waals surface area contributed by atoms with Gasteiger partial charge in [0.05, 0.1) is 12.3 Å². The summed E-state index contributed by atoms with van der Waals surface area (Å²) in [6, 6.07) is 3.53. The fourth-order valence-electron chi connectivity index (χ4n) is 1.14. The smallest absolute Gasteiger partial charge is 0.284 e. The first-order chi connectivity index (χ1) is 7.58. The number of halogens is 2. The van der Waals surface area contributed by atoms with Crippen LogP contribution in [0.1, 0.15) is 18.4 Å². The van der Waals surface area contributed by atoms with Crippen molar-refractivity contribution in [2.45, 2.75) is 25.0 Å². The van der Waals surface area contributed by atoms with Gasteiger partial charge in [-0.3, -0.25) is 0 Å². The quantitative estimate of drug-likeness (QED) is 0.748. The van der Waals surface area contributed by atoms with Gasteiger partial charge in [0.25, 0.3) is 5.76 Å². The molecule has 1 rings (SSSR count). The molecular weight excluding hydrogens is 232 g/mol. The molecule has 5 heteroatoms. The number of hydrogen-bond donors (Lipinski definition) is 1. The lowest BCUT2D eigenvalue weighted by atomic mass is 10.3. The fraction of sp³-hybridized carbons (Fsp3) is 0.455. The second-order valence-electron chi connectivity index (χ2n) is 3.50. The summed E-state index contributed by atoms with van der Waals surface area (Å²) in [5, 5.41) is 3.13. The van der Waals surface area contributed by atoms with Crippen molar-refractivity contribution in [1.82, 2.24) is 5.32 Å². The molecule has 0 unspecified atom stereocenters. The SMILES string of the molecule is C=C(C)CNCc1ccc(CSC(F)F)o1. The zero-order valence-electron chi connectivity index (χ0n) is 9.13. The fourth-order valence-corrected chi connectivity index (χ4v) is 1.58. The van der Waals surface area contributed by atoms with Gasteiger partial charge in [0.2, 0.25) is 0 Å². The van der Waals surface area contributed by atoms with E-state index in [1.807, 2.05) is 6.92 Å². The van der Waals surface area contributed by atoms with Crippen LogP contribution in [0.25, 0.3) is 0 Å². The van der Waals surface area contributed by atoms with Crippen molar-refractivity contribution in [3.05, 3.63) is 35.8 Å². The lowest BCUT2D eigenvalue weighted by molar-refractivity contribution is 0.251. The van der Waals surface area contributed by atoms with Crippen LogP contribution in [0.15, 0.2) is 28.7 Å². The van der Waals surface area contributed by atoms with Crippen LogP contribution < -0.4 is 5.32 Å². The summed E-state index contributed by atoms with van der Waals surface area (Å²) >= 11 is 0.565. The second kappa shape index (κ2) is 6.70. The number of thioether (sulfide) groups is 1. The second-order valence-corrected chi connectivity index (χ2v) is 4.48. The van der Waals surface area contributed by atoms with E-state index in [0.717, 1.165) is 17.9 Å². The molecule has 2 nitrogen and oxygen atoms in total. The molecule has 0 bridgehead atoms. The lowest BCUT2D eigenvalue weighted by Crippen LogP contribution is -2.14. The van der Waals surface area contributed by atoms with E-state index < -0.39 is 5.76 Å². The van der Waals surface area contributed by atoms with E-state index >= 15 is 0 Å². The van der Waals surface area contributed by atoms with Crippen LogP contribution in [0.2, 0.25) is 0 Å². The molecule has 1 aromatic heterocycles. The van der Waals surface area contributed by atoms with Gasteiger partial charge in [-0.15, -0.1) is 0 Å². The zero-order valence-corrected chi connectivity index (χ0v) is 9.95. The largest absolute Gasteiger partial charge is 0.464 e. The van der Waals surface area contributed by atoms with Crippen LogP contribution in [-0.4, -0.2) is 12.3 Å². The summed E-state index contributed by atoms with van der Waals surface area (Å²) in [6.45, 7) is 7.00. The Hall–Kier alpha value is -0.810. The number of alkyl halides is 2. The molecule has 90 valence electrons. The number of hydrogen-bond acceptors (Lipinski definition) is 3. The van der Waals surface area contributed by atoms with Crippen molar-refractivity contribution in [2.24, 2.45) is 0 Å². The monoisotopic (exact) mass is 247 g/mol. The van der Waals surface area contributed by atoms with Gasteiger partial charge in [0, 0.05) is 6.54 Å². The Bertz CT molecular complexity index is 338. The molecule has 0 aliphatic heterocycles. The molecule has 1 N–H and O–H groups in total. The summed E-state index contributed by atoms with van der Waals surface area (Å²) in [5.41, 5.74) is 1.04. The minimum absolute atomic E-state index is 0.207. The van der Waals surface area contributed by atoms with E-state index in [0.29, 0.717) is 24.1 Å². The summed E-state index contributed by atoms with van der Waals surface area (Å²) in [7, 11) is 0. The summed E-state index contributed by atoms with van der Waals surface area (Å²) in [5.74, 6) is -0.809. The van der Waals surface area contributed by atoms with E-state index in [9.17, 15) is 8.78 Å². The highest BCUT2D eigenvalue weighted by atomic mass is 32.2.